The SMILES string of the molecule is CCOc1ccc(C(N)C2CCCC2(C)C)cc1. The Hall–Kier alpha value is -1.02. The van der Waals surface area contributed by atoms with Crippen molar-refractivity contribution in [3.63, 3.8) is 0 Å². The molecule has 1 aliphatic carbocycles. The minimum Gasteiger partial charge on any atom is -0.494 e. The molecule has 18 heavy (non-hydrogen) atoms. The highest BCUT2D eigenvalue weighted by molar-refractivity contribution is 5.29. The molecule has 0 saturated heterocycles. The maximum atomic E-state index is 6.46. The predicted molar refractivity (Wildman–Crippen MR) is 75.7 cm³/mol. The minimum atomic E-state index is 0.151. The number of hydrogen-bond donors (Lipinski definition) is 1. The Labute approximate surface area is 111 Å². The summed E-state index contributed by atoms with van der Waals surface area (Å²) in [6, 6.07) is 8.44. The zero-order valence-corrected chi connectivity index (χ0v) is 11.8. The fourth-order valence-electron chi connectivity index (χ4n) is 3.20. The highest BCUT2D eigenvalue weighted by atomic mass is 16.5. The van der Waals surface area contributed by atoms with Gasteiger partial charge in [0.15, 0.2) is 0 Å². The first kappa shape index (κ1) is 13.4. The standard InChI is InChI=1S/C16H25NO/c1-4-18-13-9-7-12(8-10-13)15(17)14-6-5-11-16(14,2)3/h7-10,14-15H,4-6,11,17H2,1-3H3. The van der Waals surface area contributed by atoms with Crippen LogP contribution in [0.4, 0.5) is 0 Å². The molecule has 0 radical (unpaired) electrons. The average Bonchev–Trinajstić information content (AvgIpc) is 2.69. The van der Waals surface area contributed by atoms with Crippen LogP contribution in [0.5, 0.6) is 5.75 Å². The van der Waals surface area contributed by atoms with Gasteiger partial charge >= 0.3 is 0 Å². The van der Waals surface area contributed by atoms with Crippen LogP contribution >= 0.6 is 0 Å². The molecule has 2 atom stereocenters. The maximum absolute atomic E-state index is 6.46. The summed E-state index contributed by atoms with van der Waals surface area (Å²) < 4.78 is 5.47. The van der Waals surface area contributed by atoms with E-state index in [9.17, 15) is 0 Å². The van der Waals surface area contributed by atoms with Crippen molar-refractivity contribution in [2.75, 3.05) is 6.61 Å². The largest absolute Gasteiger partial charge is 0.494 e. The summed E-state index contributed by atoms with van der Waals surface area (Å²) in [5, 5.41) is 0. The molecule has 0 aromatic heterocycles. The molecule has 1 saturated carbocycles. The van der Waals surface area contributed by atoms with E-state index in [1.165, 1.54) is 24.8 Å². The Morgan fingerprint density at radius 3 is 2.50 bits per heavy atom. The van der Waals surface area contributed by atoms with Crippen molar-refractivity contribution >= 4 is 0 Å². The lowest BCUT2D eigenvalue weighted by atomic mass is 9.76. The smallest absolute Gasteiger partial charge is 0.119 e. The van der Waals surface area contributed by atoms with Gasteiger partial charge in [-0.2, -0.15) is 0 Å². The minimum absolute atomic E-state index is 0.151. The zero-order chi connectivity index (χ0) is 13.2. The van der Waals surface area contributed by atoms with Gasteiger partial charge in [0.2, 0.25) is 0 Å². The molecule has 2 rings (SSSR count). The van der Waals surface area contributed by atoms with Crippen molar-refractivity contribution in [3.8, 4) is 5.75 Å². The van der Waals surface area contributed by atoms with Gasteiger partial charge in [-0.1, -0.05) is 32.4 Å². The highest BCUT2D eigenvalue weighted by Gasteiger charge is 2.38. The maximum Gasteiger partial charge on any atom is 0.119 e. The second kappa shape index (κ2) is 5.31. The summed E-state index contributed by atoms with van der Waals surface area (Å²) in [6.07, 6.45) is 3.85. The van der Waals surface area contributed by atoms with Crippen LogP contribution in [0, 0.1) is 11.3 Å². The lowest BCUT2D eigenvalue weighted by Crippen LogP contribution is -2.29. The normalized spacial score (nSPS) is 23.9. The molecular weight excluding hydrogens is 222 g/mol. The van der Waals surface area contributed by atoms with Gasteiger partial charge in [0, 0.05) is 6.04 Å². The average molecular weight is 247 g/mol. The summed E-state index contributed by atoms with van der Waals surface area (Å²) in [5.74, 6) is 1.52. The molecule has 2 nitrogen and oxygen atoms in total. The molecule has 100 valence electrons. The van der Waals surface area contributed by atoms with Crippen LogP contribution in [-0.2, 0) is 0 Å². The number of nitrogens with two attached hydrogens (primary N) is 1. The summed E-state index contributed by atoms with van der Waals surface area (Å²) in [7, 11) is 0. The Morgan fingerprint density at radius 1 is 1.33 bits per heavy atom. The Kier molecular flexibility index (Phi) is 3.96. The second-order valence-corrected chi connectivity index (χ2v) is 6.02. The molecule has 2 unspecified atom stereocenters. The van der Waals surface area contributed by atoms with Crippen LogP contribution in [0.2, 0.25) is 0 Å². The van der Waals surface area contributed by atoms with Gasteiger partial charge in [-0.3, -0.25) is 0 Å². The van der Waals surface area contributed by atoms with E-state index in [1.54, 1.807) is 0 Å². The zero-order valence-electron chi connectivity index (χ0n) is 11.8. The van der Waals surface area contributed by atoms with Gasteiger partial charge in [0.25, 0.3) is 0 Å². The van der Waals surface area contributed by atoms with Crippen molar-refractivity contribution in [2.45, 2.75) is 46.1 Å². The summed E-state index contributed by atoms with van der Waals surface area (Å²) >= 11 is 0. The Balaban J connectivity index is 2.11. The third-order valence-electron chi connectivity index (χ3n) is 4.35. The molecule has 0 spiro atoms. The van der Waals surface area contributed by atoms with Crippen LogP contribution in [0.1, 0.15) is 51.6 Å². The van der Waals surface area contributed by atoms with E-state index in [4.69, 9.17) is 10.5 Å². The molecule has 1 fully saturated rings. The molecule has 0 amide bonds. The van der Waals surface area contributed by atoms with Crippen molar-refractivity contribution < 1.29 is 4.74 Å². The van der Waals surface area contributed by atoms with Gasteiger partial charge < -0.3 is 10.5 Å². The summed E-state index contributed by atoms with van der Waals surface area (Å²) in [4.78, 5) is 0. The van der Waals surface area contributed by atoms with E-state index in [-0.39, 0.29) is 6.04 Å². The number of hydrogen-bond acceptors (Lipinski definition) is 2. The molecule has 0 bridgehead atoms. The molecule has 1 aromatic rings. The van der Waals surface area contributed by atoms with E-state index >= 15 is 0 Å². The molecular formula is C16H25NO. The second-order valence-electron chi connectivity index (χ2n) is 6.02. The Morgan fingerprint density at radius 2 is 2.00 bits per heavy atom. The fraction of sp³-hybridized carbons (Fsp3) is 0.625. The van der Waals surface area contributed by atoms with E-state index < -0.39 is 0 Å². The van der Waals surface area contributed by atoms with Crippen molar-refractivity contribution in [1.29, 1.82) is 0 Å². The molecule has 2 heteroatoms. The first-order valence-electron chi connectivity index (χ1n) is 7.03. The van der Waals surface area contributed by atoms with Crippen LogP contribution in [0.15, 0.2) is 24.3 Å². The van der Waals surface area contributed by atoms with Gasteiger partial charge in [-0.15, -0.1) is 0 Å². The first-order chi connectivity index (χ1) is 8.54. The van der Waals surface area contributed by atoms with E-state index in [2.05, 4.69) is 26.0 Å². The third-order valence-corrected chi connectivity index (χ3v) is 4.35. The van der Waals surface area contributed by atoms with Crippen LogP contribution in [0.3, 0.4) is 0 Å². The topological polar surface area (TPSA) is 35.2 Å². The van der Waals surface area contributed by atoms with E-state index in [0.717, 1.165) is 5.75 Å². The third kappa shape index (κ3) is 2.69. The molecule has 1 aromatic carbocycles. The highest BCUT2D eigenvalue weighted by Crippen LogP contribution is 2.47. The molecule has 0 aliphatic heterocycles. The first-order valence-corrected chi connectivity index (χ1v) is 7.03. The number of ether oxygens (including phenoxy) is 1. The lowest BCUT2D eigenvalue weighted by molar-refractivity contribution is 0.222. The monoisotopic (exact) mass is 247 g/mol. The van der Waals surface area contributed by atoms with Gasteiger partial charge in [-0.05, 0) is 48.8 Å². The van der Waals surface area contributed by atoms with Crippen LogP contribution in [0.25, 0.3) is 0 Å². The van der Waals surface area contributed by atoms with Crippen molar-refractivity contribution in [1.82, 2.24) is 0 Å². The number of benzene rings is 1. The van der Waals surface area contributed by atoms with E-state index in [0.29, 0.717) is 17.9 Å². The molecule has 0 heterocycles. The van der Waals surface area contributed by atoms with E-state index in [1.807, 2.05) is 19.1 Å². The summed E-state index contributed by atoms with van der Waals surface area (Å²) in [5.41, 5.74) is 8.07. The molecule has 2 N–H and O–H groups in total. The van der Waals surface area contributed by atoms with Crippen LogP contribution in [-0.4, -0.2) is 6.61 Å². The van der Waals surface area contributed by atoms with Crippen LogP contribution < -0.4 is 10.5 Å². The number of rotatable bonds is 4. The van der Waals surface area contributed by atoms with Gasteiger partial charge in [0.1, 0.15) is 5.75 Å². The predicted octanol–water partition coefficient (Wildman–Crippen LogP) is 3.91. The van der Waals surface area contributed by atoms with Gasteiger partial charge in [-0.25, -0.2) is 0 Å². The molecule has 1 aliphatic rings. The van der Waals surface area contributed by atoms with Gasteiger partial charge in [0.05, 0.1) is 6.61 Å². The quantitative estimate of drug-likeness (QED) is 0.875. The fourth-order valence-corrected chi connectivity index (χ4v) is 3.20. The van der Waals surface area contributed by atoms with Crippen molar-refractivity contribution in [2.24, 2.45) is 17.1 Å². The van der Waals surface area contributed by atoms with Crippen molar-refractivity contribution in [3.05, 3.63) is 29.8 Å². The lowest BCUT2D eigenvalue weighted by Gasteiger charge is -2.32. The Bertz CT molecular complexity index is 383. The summed E-state index contributed by atoms with van der Waals surface area (Å²) in [6.45, 7) is 7.40.